The van der Waals surface area contributed by atoms with Crippen molar-refractivity contribution in [1.82, 2.24) is 0 Å². The topological polar surface area (TPSA) is 74.6 Å². The van der Waals surface area contributed by atoms with Gasteiger partial charge in [-0.2, -0.15) is 0 Å². The Balaban J connectivity index is 1.28. The van der Waals surface area contributed by atoms with E-state index in [-0.39, 0.29) is 16.2 Å². The zero-order chi connectivity index (χ0) is 37.4. The number of allylic oxidation sites excluding steroid dienone is 5. The summed E-state index contributed by atoms with van der Waals surface area (Å²) in [6.45, 7) is 37.1. The molecule has 0 bridgehead atoms. The van der Waals surface area contributed by atoms with Crippen LogP contribution >= 0.6 is 0 Å². The largest absolute Gasteiger partial charge is 0.480 e. The fraction of sp³-hybridized carbons (Fsp3) is 0.826. The summed E-state index contributed by atoms with van der Waals surface area (Å²) in [6, 6.07) is 0. The summed E-state index contributed by atoms with van der Waals surface area (Å²) in [6.07, 6.45) is 14.4. The van der Waals surface area contributed by atoms with Gasteiger partial charge in [0.2, 0.25) is 0 Å². The average Bonchev–Trinajstić information content (AvgIpc) is 3.31. The first kappa shape index (κ1) is 36.5. The maximum Gasteiger partial charge on any atom is 0.322 e. The van der Waals surface area contributed by atoms with E-state index in [9.17, 15) is 19.8 Å². The van der Waals surface area contributed by atoms with Crippen molar-refractivity contribution in [2.45, 2.75) is 155 Å². The number of aliphatic carboxylic acids is 2. The van der Waals surface area contributed by atoms with Crippen LogP contribution in [0.1, 0.15) is 155 Å². The highest BCUT2D eigenvalue weighted by Crippen LogP contribution is 2.91. The Morgan fingerprint density at radius 2 is 1.32 bits per heavy atom. The molecule has 1 spiro atoms. The molecule has 0 aliphatic heterocycles. The van der Waals surface area contributed by atoms with Crippen LogP contribution in [0.25, 0.3) is 0 Å². The Hall–Kier alpha value is -1.84. The second kappa shape index (κ2) is 9.82. The third-order valence-electron chi connectivity index (χ3n) is 20.2. The van der Waals surface area contributed by atoms with Gasteiger partial charge in [0.05, 0.1) is 0 Å². The van der Waals surface area contributed by atoms with Crippen LogP contribution in [0.5, 0.6) is 0 Å². The smallest absolute Gasteiger partial charge is 0.322 e. The van der Waals surface area contributed by atoms with Gasteiger partial charge in [0.1, 0.15) is 0 Å². The quantitative estimate of drug-likeness (QED) is 0.228. The monoisotopic (exact) mass is 687 g/mol. The molecule has 0 amide bonds. The second-order valence-corrected chi connectivity index (χ2v) is 22.4. The summed E-state index contributed by atoms with van der Waals surface area (Å²) >= 11 is 0. The lowest BCUT2D eigenvalue weighted by atomic mass is 9.16. The van der Waals surface area contributed by atoms with Gasteiger partial charge in [0.25, 0.3) is 0 Å². The molecule has 278 valence electrons. The van der Waals surface area contributed by atoms with Crippen LogP contribution < -0.4 is 0 Å². The molecule has 0 aromatic rings. The van der Waals surface area contributed by atoms with Crippen LogP contribution in [0.3, 0.4) is 0 Å². The maximum absolute atomic E-state index is 13.0. The molecule has 7 aliphatic carbocycles. The molecule has 2 N–H and O–H groups in total. The van der Waals surface area contributed by atoms with E-state index < -0.39 is 33.6 Å². The van der Waals surface area contributed by atoms with Gasteiger partial charge < -0.3 is 10.2 Å². The Morgan fingerprint density at radius 1 is 0.740 bits per heavy atom. The van der Waals surface area contributed by atoms with Crippen molar-refractivity contribution in [1.29, 1.82) is 0 Å². The van der Waals surface area contributed by atoms with Crippen molar-refractivity contribution < 1.29 is 19.8 Å². The number of fused-ring (bicyclic) bond motifs is 7. The fourth-order valence-electron chi connectivity index (χ4n) is 19.0. The highest BCUT2D eigenvalue weighted by molar-refractivity contribution is 6.03. The van der Waals surface area contributed by atoms with E-state index in [1.165, 1.54) is 73.7 Å². The molecule has 7 rings (SSSR count). The molecule has 4 heteroatoms. The molecule has 50 heavy (non-hydrogen) atoms. The van der Waals surface area contributed by atoms with Crippen LogP contribution in [0.15, 0.2) is 34.9 Å². The minimum absolute atomic E-state index is 0.0437. The average molecular weight is 687 g/mol. The third kappa shape index (κ3) is 3.33. The zero-order valence-corrected chi connectivity index (χ0v) is 34.2. The fourth-order valence-corrected chi connectivity index (χ4v) is 19.0. The first-order valence-electron chi connectivity index (χ1n) is 20.2. The molecule has 0 saturated heterocycles. The van der Waals surface area contributed by atoms with E-state index >= 15 is 0 Å². The lowest BCUT2D eigenvalue weighted by Crippen LogP contribution is -2.86. The molecule has 4 nitrogen and oxygen atoms in total. The van der Waals surface area contributed by atoms with E-state index in [4.69, 9.17) is 0 Å². The van der Waals surface area contributed by atoms with Crippen molar-refractivity contribution >= 4 is 11.9 Å². The van der Waals surface area contributed by atoms with E-state index in [0.717, 1.165) is 18.3 Å². The van der Waals surface area contributed by atoms with Crippen molar-refractivity contribution in [3.8, 4) is 0 Å². The number of hydrogen-bond donors (Lipinski definition) is 2. The van der Waals surface area contributed by atoms with E-state index in [1.807, 2.05) is 27.7 Å². The van der Waals surface area contributed by atoms with E-state index in [0.29, 0.717) is 34.0 Å². The van der Waals surface area contributed by atoms with Gasteiger partial charge in [0, 0.05) is 21.7 Å². The van der Waals surface area contributed by atoms with Gasteiger partial charge in [-0.25, -0.2) is 0 Å². The summed E-state index contributed by atoms with van der Waals surface area (Å²) in [5.74, 6) is 1.07. The predicted molar refractivity (Wildman–Crippen MR) is 202 cm³/mol. The zero-order valence-electron chi connectivity index (χ0n) is 34.2. The second-order valence-electron chi connectivity index (χ2n) is 22.4. The van der Waals surface area contributed by atoms with Crippen molar-refractivity contribution in [3.63, 3.8) is 0 Å². The normalized spacial score (nSPS) is 46.6. The standard InChI is InChI=1S/C46H70O4/c1-26(2)28-18-21-41(12)24-25-43(14)30(34(28)41)16-17-32-42(13)22-19-29(37(4,5)31(42)20-23-44(32,43)15)33-27(3)46(38(33,6)7)39(8,9)45(35(47)48,36(49)50)40(46,10)11/h19,28,30-32,34H,1,16-18,20-25H2,2-15H3,(H,47,48)(H,49,50)/t28-,30+,31-,32+,34+,41+,42-,43+,44+/m0/s1. The molecule has 0 radical (unpaired) electrons. The minimum Gasteiger partial charge on any atom is -0.480 e. The van der Waals surface area contributed by atoms with Crippen molar-refractivity contribution in [2.75, 3.05) is 0 Å². The van der Waals surface area contributed by atoms with E-state index in [2.05, 4.69) is 81.9 Å². The lowest BCUT2D eigenvalue weighted by Gasteiger charge is -2.84. The summed E-state index contributed by atoms with van der Waals surface area (Å²) in [5, 5.41) is 21.2. The third-order valence-corrected chi connectivity index (χ3v) is 20.2. The van der Waals surface area contributed by atoms with Crippen molar-refractivity contribution in [2.24, 2.45) is 83.7 Å². The molecule has 9 atom stereocenters. The van der Waals surface area contributed by atoms with Gasteiger partial charge in [-0.15, -0.1) is 0 Å². The number of carboxylic acids is 2. The van der Waals surface area contributed by atoms with Crippen molar-refractivity contribution in [3.05, 3.63) is 34.9 Å². The van der Waals surface area contributed by atoms with Crippen LogP contribution in [-0.2, 0) is 9.59 Å². The SMILES string of the molecule is C=C(C)[C@@H]1CC[C@]2(C)CC[C@]3(C)[C@H](CC[C@@H]4[C@@]5(C)CC=C(C6=C(C)C7(C6(C)C)C(C)(C)C(C(=O)O)(C(=O)O)C7(C)C)C(C)(C)[C@@H]5CC[C@]43C)[C@@H]12. The number of carbonyl (C=O) groups is 2. The summed E-state index contributed by atoms with van der Waals surface area (Å²) in [5.41, 5.74) is 2.07. The minimum atomic E-state index is -1.86. The molecular formula is C46H70O4. The molecule has 7 aliphatic rings. The number of hydrogen-bond acceptors (Lipinski definition) is 2. The number of carboxylic acid groups (broad SMARTS) is 2. The van der Waals surface area contributed by atoms with Gasteiger partial charge in [0.15, 0.2) is 5.41 Å². The molecular weight excluding hydrogens is 617 g/mol. The maximum atomic E-state index is 13.0. The van der Waals surface area contributed by atoms with Gasteiger partial charge in [-0.3, -0.25) is 9.59 Å². The Labute approximate surface area is 304 Å². The lowest BCUT2D eigenvalue weighted by molar-refractivity contribution is -0.327. The van der Waals surface area contributed by atoms with Gasteiger partial charge in [-0.1, -0.05) is 107 Å². The van der Waals surface area contributed by atoms with Crippen LogP contribution in [-0.4, -0.2) is 22.2 Å². The van der Waals surface area contributed by atoms with Gasteiger partial charge >= 0.3 is 11.9 Å². The molecule has 0 unspecified atom stereocenters. The first-order chi connectivity index (χ1) is 22.7. The van der Waals surface area contributed by atoms with Crippen LogP contribution in [0.2, 0.25) is 0 Å². The Bertz CT molecular complexity index is 1620. The Kier molecular flexibility index (Phi) is 7.17. The molecule has 0 aromatic heterocycles. The number of rotatable bonds is 4. The molecule has 0 heterocycles. The molecule has 5 fully saturated rings. The summed E-state index contributed by atoms with van der Waals surface area (Å²) in [4.78, 5) is 25.9. The summed E-state index contributed by atoms with van der Waals surface area (Å²) in [7, 11) is 0. The summed E-state index contributed by atoms with van der Waals surface area (Å²) < 4.78 is 0. The molecule has 0 aromatic carbocycles. The van der Waals surface area contributed by atoms with Gasteiger partial charge in [-0.05, 0) is 139 Å². The van der Waals surface area contributed by atoms with E-state index in [1.54, 1.807) is 0 Å². The Morgan fingerprint density at radius 3 is 1.84 bits per heavy atom. The van der Waals surface area contributed by atoms with Crippen LogP contribution in [0.4, 0.5) is 0 Å². The highest BCUT2D eigenvalue weighted by Gasteiger charge is 2.92. The highest BCUT2D eigenvalue weighted by atomic mass is 16.4. The molecule has 5 saturated carbocycles. The predicted octanol–water partition coefficient (Wildman–Crippen LogP) is 11.8. The van der Waals surface area contributed by atoms with Crippen LogP contribution in [0, 0.1) is 83.7 Å². The first-order valence-corrected chi connectivity index (χ1v) is 20.2.